The molecule has 7 nitrogen and oxygen atoms in total. The molecule has 1 atom stereocenters. The molecule has 1 aromatic carbocycles. The van der Waals surface area contributed by atoms with Crippen molar-refractivity contribution in [3.8, 4) is 5.75 Å². The first kappa shape index (κ1) is 19.5. The van der Waals surface area contributed by atoms with Crippen LogP contribution in [0.2, 0.25) is 0 Å². The zero-order chi connectivity index (χ0) is 17.3. The number of carbonyl (C=O) groups is 1. The van der Waals surface area contributed by atoms with Crippen LogP contribution in [0.1, 0.15) is 20.8 Å². The van der Waals surface area contributed by atoms with Crippen LogP contribution in [0.5, 0.6) is 5.75 Å². The third kappa shape index (κ3) is 5.23. The first-order valence-electron chi connectivity index (χ1n) is 7.47. The Morgan fingerprint density at radius 2 is 1.74 bits per heavy atom. The minimum atomic E-state index is -3.75. The lowest BCUT2D eigenvalue weighted by molar-refractivity contribution is -0.142. The Kier molecular flexibility index (Phi) is 8.09. The van der Waals surface area contributed by atoms with Crippen molar-refractivity contribution in [1.29, 1.82) is 0 Å². The summed E-state index contributed by atoms with van der Waals surface area (Å²) in [5, 5.41) is 2.88. The van der Waals surface area contributed by atoms with E-state index in [1.165, 1.54) is 7.11 Å². The Labute approximate surface area is 136 Å². The molecule has 0 amide bonds. The molecule has 0 radical (unpaired) electrons. The Balaban J connectivity index is 3.18. The van der Waals surface area contributed by atoms with Crippen molar-refractivity contribution in [2.24, 2.45) is 0 Å². The molecular formula is C15H24NO6P. The molecule has 0 bridgehead atoms. The molecule has 0 saturated heterocycles. The molecule has 1 N–H and O–H groups in total. The van der Waals surface area contributed by atoms with Gasteiger partial charge in [-0.05, 0) is 32.9 Å². The minimum Gasteiger partial charge on any atom is -0.495 e. The topological polar surface area (TPSA) is 83.1 Å². The molecule has 0 aromatic heterocycles. The maximum absolute atomic E-state index is 13.0. The number of benzene rings is 1. The lowest BCUT2D eigenvalue weighted by Crippen LogP contribution is -2.33. The standard InChI is InChI=1S/C15H24NO6P/c1-5-20-15(17)14(23(18,21-6-2)22-7-3)16-12-10-8-9-11-13(12)19-4/h8-11,14,16H,5-7H2,1-4H3. The minimum absolute atomic E-state index is 0.140. The number of esters is 1. The van der Waals surface area contributed by atoms with Gasteiger partial charge in [-0.15, -0.1) is 0 Å². The first-order chi connectivity index (χ1) is 11.0. The predicted molar refractivity (Wildman–Crippen MR) is 87.9 cm³/mol. The van der Waals surface area contributed by atoms with Crippen LogP contribution in [0.25, 0.3) is 0 Å². The summed E-state index contributed by atoms with van der Waals surface area (Å²) >= 11 is 0. The summed E-state index contributed by atoms with van der Waals surface area (Å²) in [6.07, 6.45) is 0. The van der Waals surface area contributed by atoms with Gasteiger partial charge in [-0.2, -0.15) is 0 Å². The maximum Gasteiger partial charge on any atom is 0.364 e. The smallest absolute Gasteiger partial charge is 0.364 e. The molecule has 130 valence electrons. The third-order valence-electron chi connectivity index (χ3n) is 2.84. The van der Waals surface area contributed by atoms with Crippen molar-refractivity contribution in [3.63, 3.8) is 0 Å². The molecule has 1 rings (SSSR count). The van der Waals surface area contributed by atoms with Gasteiger partial charge in [-0.3, -0.25) is 4.57 Å². The highest BCUT2D eigenvalue weighted by atomic mass is 31.2. The molecule has 0 aliphatic rings. The van der Waals surface area contributed by atoms with Gasteiger partial charge in [0.15, 0.2) is 0 Å². The second kappa shape index (κ2) is 9.55. The van der Waals surface area contributed by atoms with Gasteiger partial charge < -0.3 is 23.8 Å². The van der Waals surface area contributed by atoms with Crippen LogP contribution < -0.4 is 10.1 Å². The molecule has 0 spiro atoms. The predicted octanol–water partition coefficient (Wildman–Crippen LogP) is 3.26. The van der Waals surface area contributed by atoms with Crippen LogP contribution in [0, 0.1) is 0 Å². The van der Waals surface area contributed by atoms with E-state index in [0.717, 1.165) is 0 Å². The maximum atomic E-state index is 13.0. The fourth-order valence-corrected chi connectivity index (χ4v) is 3.67. The van der Waals surface area contributed by atoms with Crippen molar-refractivity contribution >= 4 is 19.3 Å². The zero-order valence-corrected chi connectivity index (χ0v) is 14.8. The van der Waals surface area contributed by atoms with Gasteiger partial charge >= 0.3 is 13.6 Å². The van der Waals surface area contributed by atoms with E-state index in [1.54, 1.807) is 45.0 Å². The van der Waals surface area contributed by atoms with Gasteiger partial charge in [-0.1, -0.05) is 12.1 Å². The van der Waals surface area contributed by atoms with Crippen LogP contribution in [-0.2, 0) is 23.1 Å². The van der Waals surface area contributed by atoms with Crippen molar-refractivity contribution < 1.29 is 27.9 Å². The third-order valence-corrected chi connectivity index (χ3v) is 5.05. The van der Waals surface area contributed by atoms with E-state index in [1.807, 2.05) is 0 Å². The molecule has 1 aromatic rings. The summed E-state index contributed by atoms with van der Waals surface area (Å²) in [6.45, 7) is 5.46. The molecule has 0 fully saturated rings. The number of hydrogen-bond donors (Lipinski definition) is 1. The Morgan fingerprint density at radius 3 is 2.26 bits per heavy atom. The largest absolute Gasteiger partial charge is 0.495 e. The summed E-state index contributed by atoms with van der Waals surface area (Å²) < 4.78 is 33.8. The van der Waals surface area contributed by atoms with Crippen molar-refractivity contribution in [2.45, 2.75) is 26.6 Å². The molecular weight excluding hydrogens is 321 g/mol. The van der Waals surface area contributed by atoms with Gasteiger partial charge in [-0.25, -0.2) is 4.79 Å². The van der Waals surface area contributed by atoms with E-state index in [9.17, 15) is 9.36 Å². The number of anilines is 1. The summed E-state index contributed by atoms with van der Waals surface area (Å²) in [6, 6.07) is 6.97. The highest BCUT2D eigenvalue weighted by molar-refractivity contribution is 7.55. The van der Waals surface area contributed by atoms with Crippen molar-refractivity contribution in [3.05, 3.63) is 24.3 Å². The lowest BCUT2D eigenvalue weighted by Gasteiger charge is -2.26. The first-order valence-corrected chi connectivity index (χ1v) is 9.08. The number of hydrogen-bond acceptors (Lipinski definition) is 7. The average molecular weight is 345 g/mol. The Morgan fingerprint density at radius 1 is 1.13 bits per heavy atom. The Hall–Kier alpha value is -1.56. The van der Waals surface area contributed by atoms with Crippen molar-refractivity contribution in [2.75, 3.05) is 32.2 Å². The quantitative estimate of drug-likeness (QED) is 0.515. The fourth-order valence-electron chi connectivity index (χ4n) is 1.95. The monoisotopic (exact) mass is 345 g/mol. The summed E-state index contributed by atoms with van der Waals surface area (Å²) in [5.74, 6) is -1.48. The molecule has 0 aliphatic carbocycles. The highest BCUT2D eigenvalue weighted by Gasteiger charge is 2.42. The fraction of sp³-hybridized carbons (Fsp3) is 0.533. The van der Waals surface area contributed by atoms with Crippen molar-refractivity contribution in [1.82, 2.24) is 0 Å². The van der Waals surface area contributed by atoms with E-state index in [0.29, 0.717) is 11.4 Å². The van der Waals surface area contributed by atoms with Crippen LogP contribution in [-0.4, -0.2) is 38.7 Å². The molecule has 0 saturated carbocycles. The van der Waals surface area contributed by atoms with Gasteiger partial charge in [0.25, 0.3) is 0 Å². The number of para-hydroxylation sites is 2. The normalized spacial score (nSPS) is 12.5. The van der Waals surface area contributed by atoms with Gasteiger partial charge in [0.1, 0.15) is 5.75 Å². The second-order valence-electron chi connectivity index (χ2n) is 4.37. The molecule has 0 heterocycles. The zero-order valence-electron chi connectivity index (χ0n) is 13.9. The molecule has 8 heteroatoms. The number of ether oxygens (including phenoxy) is 2. The van der Waals surface area contributed by atoms with E-state index < -0.39 is 19.3 Å². The van der Waals surface area contributed by atoms with Gasteiger partial charge in [0.2, 0.25) is 5.78 Å². The van der Waals surface area contributed by atoms with E-state index >= 15 is 0 Å². The molecule has 23 heavy (non-hydrogen) atoms. The number of carbonyl (C=O) groups excluding carboxylic acids is 1. The van der Waals surface area contributed by atoms with Gasteiger partial charge in [0, 0.05) is 0 Å². The van der Waals surface area contributed by atoms with Crippen LogP contribution in [0.15, 0.2) is 24.3 Å². The highest BCUT2D eigenvalue weighted by Crippen LogP contribution is 2.53. The van der Waals surface area contributed by atoms with Crippen LogP contribution >= 0.6 is 7.60 Å². The molecule has 0 aliphatic heterocycles. The van der Waals surface area contributed by atoms with Gasteiger partial charge in [0.05, 0.1) is 32.6 Å². The SMILES string of the molecule is CCOC(=O)C(Nc1ccccc1OC)P(=O)(OCC)OCC. The second-order valence-corrected chi connectivity index (χ2v) is 6.49. The Bertz CT molecular complexity index is 541. The average Bonchev–Trinajstić information content (AvgIpc) is 2.53. The summed E-state index contributed by atoms with van der Waals surface area (Å²) in [5.41, 5.74) is 0.493. The van der Waals surface area contributed by atoms with E-state index in [-0.39, 0.29) is 19.8 Å². The van der Waals surface area contributed by atoms with E-state index in [2.05, 4.69) is 5.32 Å². The van der Waals surface area contributed by atoms with Crippen LogP contribution in [0.4, 0.5) is 5.69 Å². The van der Waals surface area contributed by atoms with Crippen LogP contribution in [0.3, 0.4) is 0 Å². The summed E-state index contributed by atoms with van der Waals surface area (Å²) in [4.78, 5) is 12.3. The van der Waals surface area contributed by atoms with E-state index in [4.69, 9.17) is 18.5 Å². The lowest BCUT2D eigenvalue weighted by atomic mass is 10.3. The number of rotatable bonds is 10. The summed E-state index contributed by atoms with van der Waals surface area (Å²) in [7, 11) is -2.25. The molecule has 1 unspecified atom stereocenters. The number of nitrogens with one attached hydrogen (secondary N) is 1. The number of methoxy groups -OCH3 is 1.